The van der Waals surface area contributed by atoms with Gasteiger partial charge in [-0.1, -0.05) is 41.6 Å². The third kappa shape index (κ3) is 4.71. The van der Waals surface area contributed by atoms with Crippen molar-refractivity contribution in [3.63, 3.8) is 0 Å². The van der Waals surface area contributed by atoms with E-state index in [0.29, 0.717) is 4.90 Å². The molecule has 24 heavy (non-hydrogen) atoms. The molecule has 4 N–H and O–H groups in total. The van der Waals surface area contributed by atoms with Gasteiger partial charge in [0, 0.05) is 16.3 Å². The van der Waals surface area contributed by atoms with Crippen LogP contribution in [0.15, 0.2) is 57.2 Å². The van der Waals surface area contributed by atoms with Gasteiger partial charge in [-0.2, -0.15) is 0 Å². The number of benzene rings is 2. The number of nitrogens with one attached hydrogen (secondary N) is 1. The van der Waals surface area contributed by atoms with Crippen LogP contribution in [0.2, 0.25) is 5.02 Å². The van der Waals surface area contributed by atoms with Crippen LogP contribution in [0.4, 0.5) is 0 Å². The highest BCUT2D eigenvalue weighted by molar-refractivity contribution is 7.99. The van der Waals surface area contributed by atoms with Gasteiger partial charge in [-0.3, -0.25) is 4.79 Å². The number of primary sulfonamides is 1. The second-order valence-electron chi connectivity index (χ2n) is 4.72. The van der Waals surface area contributed by atoms with Gasteiger partial charge in [0.2, 0.25) is 10.0 Å². The minimum absolute atomic E-state index is 0.0433. The topological polar surface area (TPSA) is 109 Å². The number of rotatable bonds is 6. The number of sulfonamides is 1. The summed E-state index contributed by atoms with van der Waals surface area (Å²) < 4.78 is 23.3. The average molecular weight is 387 g/mol. The van der Waals surface area contributed by atoms with Gasteiger partial charge in [0.25, 0.3) is 5.91 Å². The Labute approximate surface area is 149 Å². The summed E-state index contributed by atoms with van der Waals surface area (Å²) in [6.45, 7) is -0.190. The third-order valence-corrected chi connectivity index (χ3v) is 5.39. The molecule has 0 saturated carbocycles. The zero-order valence-electron chi connectivity index (χ0n) is 12.4. The summed E-state index contributed by atoms with van der Waals surface area (Å²) in [6, 6.07) is 11.8. The molecule has 0 saturated heterocycles. The van der Waals surface area contributed by atoms with Crippen LogP contribution in [-0.4, -0.2) is 32.6 Å². The van der Waals surface area contributed by atoms with Crippen molar-refractivity contribution in [3.8, 4) is 0 Å². The first-order valence-electron chi connectivity index (χ1n) is 6.81. The molecule has 2 rings (SSSR count). The summed E-state index contributed by atoms with van der Waals surface area (Å²) in [7, 11) is -4.07. The van der Waals surface area contributed by atoms with E-state index in [2.05, 4.69) is 5.32 Å². The number of aliphatic hydroxyl groups excluding tert-OH is 1. The summed E-state index contributed by atoms with van der Waals surface area (Å²) >= 11 is 7.28. The molecule has 2 aromatic rings. The molecule has 128 valence electrons. The molecular formula is C15H15ClN2O4S2. The molecule has 1 amide bonds. The maximum Gasteiger partial charge on any atom is 0.252 e. The lowest BCUT2D eigenvalue weighted by molar-refractivity contribution is 0.0941. The predicted molar refractivity (Wildman–Crippen MR) is 92.8 cm³/mol. The molecule has 6 nitrogen and oxygen atoms in total. The van der Waals surface area contributed by atoms with Crippen molar-refractivity contribution in [3.05, 3.63) is 53.1 Å². The first-order valence-corrected chi connectivity index (χ1v) is 9.55. The second-order valence-corrected chi connectivity index (χ2v) is 7.77. The summed E-state index contributed by atoms with van der Waals surface area (Å²) in [5.41, 5.74) is 0.116. The standard InChI is InChI=1S/C15H15ClN2O4S2/c16-12-9-13(23-10-4-2-1-3-5-10)11(15(20)18-6-7-19)8-14(12)24(17,21)22/h1-5,8-9,19H,6-7H2,(H,18,20)(H2,17,21,22). The van der Waals surface area contributed by atoms with E-state index in [1.54, 1.807) is 0 Å². The molecular weight excluding hydrogens is 372 g/mol. The summed E-state index contributed by atoms with van der Waals surface area (Å²) in [6.07, 6.45) is 0. The van der Waals surface area contributed by atoms with Gasteiger partial charge in [0.05, 0.1) is 17.2 Å². The van der Waals surface area contributed by atoms with Crippen molar-refractivity contribution in [1.82, 2.24) is 5.32 Å². The van der Waals surface area contributed by atoms with Gasteiger partial charge < -0.3 is 10.4 Å². The Kier molecular flexibility index (Phi) is 6.25. The number of hydrogen-bond donors (Lipinski definition) is 3. The summed E-state index contributed by atoms with van der Waals surface area (Å²) in [4.78, 5) is 13.3. The maximum atomic E-state index is 12.3. The normalized spacial score (nSPS) is 11.3. The van der Waals surface area contributed by atoms with Crippen LogP contribution in [0.3, 0.4) is 0 Å². The summed E-state index contributed by atoms with van der Waals surface area (Å²) in [5.74, 6) is -0.524. The monoisotopic (exact) mass is 386 g/mol. The van der Waals surface area contributed by atoms with Gasteiger partial charge in [-0.25, -0.2) is 13.6 Å². The van der Waals surface area contributed by atoms with E-state index in [0.717, 1.165) is 11.0 Å². The maximum absolute atomic E-state index is 12.3. The van der Waals surface area contributed by atoms with Crippen LogP contribution in [0.5, 0.6) is 0 Å². The minimum Gasteiger partial charge on any atom is -0.395 e. The Morgan fingerprint density at radius 3 is 2.50 bits per heavy atom. The number of hydrogen-bond acceptors (Lipinski definition) is 5. The minimum atomic E-state index is -4.07. The van der Waals surface area contributed by atoms with Gasteiger partial charge >= 0.3 is 0 Å². The SMILES string of the molecule is NS(=O)(=O)c1cc(C(=O)NCCO)c(Sc2ccccc2)cc1Cl. The Bertz CT molecular complexity index is 842. The number of carbonyl (C=O) groups is 1. The Morgan fingerprint density at radius 1 is 1.25 bits per heavy atom. The Hall–Kier alpha value is -1.58. The summed E-state index contributed by atoms with van der Waals surface area (Å²) in [5, 5.41) is 16.4. The quantitative estimate of drug-likeness (QED) is 0.702. The predicted octanol–water partition coefficient (Wildman–Crippen LogP) is 1.86. The highest BCUT2D eigenvalue weighted by Crippen LogP contribution is 2.35. The van der Waals surface area contributed by atoms with Gasteiger partial charge in [-0.15, -0.1) is 0 Å². The zero-order chi connectivity index (χ0) is 17.7. The highest BCUT2D eigenvalue weighted by atomic mass is 35.5. The Balaban J connectivity index is 2.51. The lowest BCUT2D eigenvalue weighted by Crippen LogP contribution is -2.27. The van der Waals surface area contributed by atoms with Crippen molar-refractivity contribution in [2.75, 3.05) is 13.2 Å². The van der Waals surface area contributed by atoms with Crippen molar-refractivity contribution in [2.45, 2.75) is 14.7 Å². The molecule has 0 heterocycles. The molecule has 0 aromatic heterocycles. The first-order chi connectivity index (χ1) is 11.3. The van der Waals surface area contributed by atoms with Crippen LogP contribution >= 0.6 is 23.4 Å². The third-order valence-electron chi connectivity index (χ3n) is 2.95. The van der Waals surface area contributed by atoms with E-state index < -0.39 is 15.9 Å². The first kappa shape index (κ1) is 18.8. The molecule has 0 bridgehead atoms. The molecule has 9 heteroatoms. The van der Waals surface area contributed by atoms with Crippen molar-refractivity contribution < 1.29 is 18.3 Å². The van der Waals surface area contributed by atoms with Crippen molar-refractivity contribution >= 4 is 39.3 Å². The van der Waals surface area contributed by atoms with E-state index in [4.69, 9.17) is 21.8 Å². The van der Waals surface area contributed by atoms with Crippen LogP contribution < -0.4 is 10.5 Å². The number of carbonyl (C=O) groups excluding carboxylic acids is 1. The average Bonchev–Trinajstić information content (AvgIpc) is 2.52. The molecule has 2 aromatic carbocycles. The second kappa shape index (κ2) is 8.00. The molecule has 0 radical (unpaired) electrons. The van der Waals surface area contributed by atoms with E-state index in [1.807, 2.05) is 30.3 Å². The molecule has 0 atom stereocenters. The number of aliphatic hydroxyl groups is 1. The highest BCUT2D eigenvalue weighted by Gasteiger charge is 2.21. The van der Waals surface area contributed by atoms with Crippen LogP contribution in [-0.2, 0) is 10.0 Å². The molecule has 0 aliphatic rings. The zero-order valence-corrected chi connectivity index (χ0v) is 14.8. The van der Waals surface area contributed by atoms with Crippen LogP contribution in [0.25, 0.3) is 0 Å². The van der Waals surface area contributed by atoms with Crippen molar-refractivity contribution in [1.29, 1.82) is 0 Å². The fourth-order valence-corrected chi connectivity index (χ4v) is 4.04. The smallest absolute Gasteiger partial charge is 0.252 e. The molecule has 0 aliphatic heterocycles. The van der Waals surface area contributed by atoms with Gasteiger partial charge in [0.15, 0.2) is 0 Å². The van der Waals surface area contributed by atoms with Gasteiger partial charge in [0.1, 0.15) is 4.90 Å². The number of amides is 1. The molecule has 0 aliphatic carbocycles. The van der Waals surface area contributed by atoms with Crippen molar-refractivity contribution in [2.24, 2.45) is 5.14 Å². The lowest BCUT2D eigenvalue weighted by Gasteiger charge is -2.12. The lowest BCUT2D eigenvalue weighted by atomic mass is 10.2. The molecule has 0 fully saturated rings. The van der Waals surface area contributed by atoms with E-state index in [1.165, 1.54) is 17.8 Å². The number of nitrogens with two attached hydrogens (primary N) is 1. The van der Waals surface area contributed by atoms with E-state index in [-0.39, 0.29) is 28.6 Å². The fourth-order valence-electron chi connectivity index (χ4n) is 1.90. The van der Waals surface area contributed by atoms with Crippen LogP contribution in [0.1, 0.15) is 10.4 Å². The molecule has 0 unspecified atom stereocenters. The van der Waals surface area contributed by atoms with Crippen LogP contribution in [0, 0.1) is 0 Å². The molecule has 0 spiro atoms. The van der Waals surface area contributed by atoms with Gasteiger partial charge in [-0.05, 0) is 24.3 Å². The van der Waals surface area contributed by atoms with E-state index in [9.17, 15) is 13.2 Å². The number of halogens is 1. The van der Waals surface area contributed by atoms with E-state index >= 15 is 0 Å². The largest absolute Gasteiger partial charge is 0.395 e. The Morgan fingerprint density at radius 2 is 1.92 bits per heavy atom. The fraction of sp³-hybridized carbons (Fsp3) is 0.133.